The van der Waals surface area contributed by atoms with E-state index in [0.717, 1.165) is 11.8 Å². The fourth-order valence-corrected chi connectivity index (χ4v) is 5.46. The lowest BCUT2D eigenvalue weighted by Gasteiger charge is -2.24. The molecule has 1 heterocycles. The summed E-state index contributed by atoms with van der Waals surface area (Å²) in [5.74, 6) is -0.359. The Morgan fingerprint density at radius 1 is 0.811 bits per heavy atom. The Balaban J connectivity index is 1.56. The van der Waals surface area contributed by atoms with Crippen molar-refractivity contribution in [3.63, 3.8) is 0 Å². The number of rotatable bonds is 9. The molecule has 0 spiro atoms. The van der Waals surface area contributed by atoms with E-state index in [2.05, 4.69) is 15.0 Å². The molecule has 4 rings (SSSR count). The van der Waals surface area contributed by atoms with Crippen LogP contribution < -0.4 is 14.3 Å². The molecular formula is C26H24N4O5S2. The first-order valence-electron chi connectivity index (χ1n) is 11.1. The second-order valence-corrected chi connectivity index (χ2v) is 11.7. The van der Waals surface area contributed by atoms with Crippen molar-refractivity contribution < 1.29 is 21.6 Å². The minimum Gasteiger partial charge on any atom is -0.322 e. The van der Waals surface area contributed by atoms with Gasteiger partial charge in [0.25, 0.3) is 15.9 Å². The third-order valence-electron chi connectivity index (χ3n) is 5.31. The van der Waals surface area contributed by atoms with Crippen LogP contribution >= 0.6 is 0 Å². The van der Waals surface area contributed by atoms with Gasteiger partial charge in [-0.1, -0.05) is 48.5 Å². The lowest BCUT2D eigenvalue weighted by Crippen LogP contribution is -2.31. The first-order chi connectivity index (χ1) is 17.6. The smallest absolute Gasteiger partial charge is 0.263 e. The molecule has 37 heavy (non-hydrogen) atoms. The minimum absolute atomic E-state index is 0.0114. The van der Waals surface area contributed by atoms with Gasteiger partial charge in [0.1, 0.15) is 5.82 Å². The van der Waals surface area contributed by atoms with E-state index in [9.17, 15) is 21.6 Å². The van der Waals surface area contributed by atoms with Crippen molar-refractivity contribution in [3.8, 4) is 0 Å². The van der Waals surface area contributed by atoms with Gasteiger partial charge in [0.15, 0.2) is 0 Å². The third kappa shape index (κ3) is 6.51. The van der Waals surface area contributed by atoms with E-state index in [1.54, 1.807) is 42.5 Å². The van der Waals surface area contributed by atoms with Crippen LogP contribution in [0.4, 0.5) is 17.2 Å². The molecule has 1 aromatic heterocycles. The maximum absolute atomic E-state index is 13.2. The number of para-hydroxylation sites is 1. The van der Waals surface area contributed by atoms with Gasteiger partial charge < -0.3 is 5.32 Å². The number of nitrogens with zero attached hydrogens (tertiary/aromatic N) is 2. The Bertz CT molecular complexity index is 1590. The van der Waals surface area contributed by atoms with E-state index in [-0.39, 0.29) is 28.5 Å². The Kier molecular flexibility index (Phi) is 7.55. The van der Waals surface area contributed by atoms with Crippen LogP contribution in [0, 0.1) is 0 Å². The molecule has 0 saturated heterocycles. The number of carbonyl (C=O) groups is 1. The van der Waals surface area contributed by atoms with Crippen molar-refractivity contribution in [1.29, 1.82) is 0 Å². The number of nitrogens with one attached hydrogen (secondary N) is 2. The SMILES string of the molecule is CS(=O)(=O)N(Cc1ccccc1)c1ccccc1C(=O)Nc1ccc(S(=O)(=O)Nc2ccccn2)cc1. The Labute approximate surface area is 215 Å². The van der Waals surface area contributed by atoms with Crippen LogP contribution in [0.3, 0.4) is 0 Å². The third-order valence-corrected chi connectivity index (χ3v) is 7.81. The molecule has 0 saturated carbocycles. The summed E-state index contributed by atoms with van der Waals surface area (Å²) in [5, 5.41) is 2.71. The standard InChI is InChI=1S/C26H24N4O5S2/c1-36(32,33)30(19-20-9-3-2-4-10-20)24-12-6-5-11-23(24)26(31)28-21-14-16-22(17-15-21)37(34,35)29-25-13-7-8-18-27-25/h2-18H,19H2,1H3,(H,27,29)(H,28,31). The average Bonchev–Trinajstić information content (AvgIpc) is 2.88. The van der Waals surface area contributed by atoms with Crippen LogP contribution in [-0.4, -0.2) is 34.0 Å². The topological polar surface area (TPSA) is 126 Å². The molecule has 4 aromatic rings. The number of amides is 1. The number of carbonyl (C=O) groups excluding carboxylic acids is 1. The molecule has 1 amide bonds. The van der Waals surface area contributed by atoms with Crippen molar-refractivity contribution in [2.24, 2.45) is 0 Å². The van der Waals surface area contributed by atoms with Gasteiger partial charge in [-0.3, -0.25) is 13.8 Å². The number of sulfonamides is 2. The predicted molar refractivity (Wildman–Crippen MR) is 143 cm³/mol. The zero-order chi connectivity index (χ0) is 26.5. The maximum Gasteiger partial charge on any atom is 0.263 e. The van der Waals surface area contributed by atoms with E-state index in [0.29, 0.717) is 5.69 Å². The van der Waals surface area contributed by atoms with Crippen LogP contribution in [-0.2, 0) is 26.6 Å². The number of aromatic nitrogens is 1. The molecular weight excluding hydrogens is 512 g/mol. The molecule has 11 heteroatoms. The molecule has 0 unspecified atom stereocenters. The van der Waals surface area contributed by atoms with E-state index in [1.165, 1.54) is 46.9 Å². The lowest BCUT2D eigenvalue weighted by molar-refractivity contribution is 0.102. The summed E-state index contributed by atoms with van der Waals surface area (Å²) in [4.78, 5) is 17.1. The molecule has 9 nitrogen and oxygen atoms in total. The van der Waals surface area contributed by atoms with Gasteiger partial charge in [-0.05, 0) is 54.1 Å². The monoisotopic (exact) mass is 536 g/mol. The normalized spacial score (nSPS) is 11.5. The number of benzene rings is 3. The van der Waals surface area contributed by atoms with Crippen molar-refractivity contribution in [1.82, 2.24) is 4.98 Å². The van der Waals surface area contributed by atoms with Crippen LogP contribution in [0.5, 0.6) is 0 Å². The first-order valence-corrected chi connectivity index (χ1v) is 14.4. The van der Waals surface area contributed by atoms with E-state index < -0.39 is 26.0 Å². The van der Waals surface area contributed by atoms with Gasteiger partial charge >= 0.3 is 0 Å². The summed E-state index contributed by atoms with van der Waals surface area (Å²) in [5.41, 5.74) is 1.48. The van der Waals surface area contributed by atoms with Gasteiger partial charge in [0.05, 0.1) is 28.9 Å². The highest BCUT2D eigenvalue weighted by Crippen LogP contribution is 2.26. The van der Waals surface area contributed by atoms with E-state index >= 15 is 0 Å². The van der Waals surface area contributed by atoms with Crippen LogP contribution in [0.1, 0.15) is 15.9 Å². The first kappa shape index (κ1) is 25.9. The fraction of sp³-hybridized carbons (Fsp3) is 0.0769. The second kappa shape index (κ2) is 10.8. The zero-order valence-electron chi connectivity index (χ0n) is 19.8. The van der Waals surface area contributed by atoms with Gasteiger partial charge in [-0.2, -0.15) is 0 Å². The molecule has 190 valence electrons. The number of anilines is 3. The highest BCUT2D eigenvalue weighted by atomic mass is 32.2. The van der Waals surface area contributed by atoms with Crippen LogP contribution in [0.2, 0.25) is 0 Å². The summed E-state index contributed by atoms with van der Waals surface area (Å²) in [7, 11) is -7.59. The van der Waals surface area contributed by atoms with Crippen molar-refractivity contribution in [3.05, 3.63) is 114 Å². The Morgan fingerprint density at radius 3 is 2.11 bits per heavy atom. The van der Waals surface area contributed by atoms with Gasteiger partial charge in [0, 0.05) is 11.9 Å². The summed E-state index contributed by atoms with van der Waals surface area (Å²) in [6.07, 6.45) is 2.56. The van der Waals surface area contributed by atoms with Crippen LogP contribution in [0.15, 0.2) is 108 Å². The van der Waals surface area contributed by atoms with Crippen molar-refractivity contribution >= 4 is 43.1 Å². The number of hydrogen-bond donors (Lipinski definition) is 2. The molecule has 0 aliphatic heterocycles. The molecule has 0 fully saturated rings. The van der Waals surface area contributed by atoms with Gasteiger partial charge in [-0.15, -0.1) is 0 Å². The number of pyridine rings is 1. The summed E-state index contributed by atoms with van der Waals surface area (Å²) < 4.78 is 54.1. The van der Waals surface area contributed by atoms with E-state index in [1.807, 2.05) is 18.2 Å². The average molecular weight is 537 g/mol. The predicted octanol–water partition coefficient (Wildman–Crippen LogP) is 4.10. The van der Waals surface area contributed by atoms with Crippen LogP contribution in [0.25, 0.3) is 0 Å². The largest absolute Gasteiger partial charge is 0.322 e. The Hall–Kier alpha value is -4.22. The maximum atomic E-state index is 13.2. The Morgan fingerprint density at radius 2 is 1.46 bits per heavy atom. The van der Waals surface area contributed by atoms with Gasteiger partial charge in [-0.25, -0.2) is 21.8 Å². The molecule has 3 aromatic carbocycles. The summed E-state index contributed by atoms with van der Waals surface area (Å²) >= 11 is 0. The highest BCUT2D eigenvalue weighted by molar-refractivity contribution is 7.92. The van der Waals surface area contributed by atoms with E-state index in [4.69, 9.17) is 0 Å². The fourth-order valence-electron chi connectivity index (χ4n) is 3.55. The minimum atomic E-state index is -3.87. The zero-order valence-corrected chi connectivity index (χ0v) is 21.4. The lowest BCUT2D eigenvalue weighted by atomic mass is 10.1. The molecule has 0 radical (unpaired) electrons. The number of hydrogen-bond acceptors (Lipinski definition) is 6. The molecule has 0 bridgehead atoms. The summed E-state index contributed by atoms with van der Waals surface area (Å²) in [6, 6.07) is 25.9. The highest BCUT2D eigenvalue weighted by Gasteiger charge is 2.23. The van der Waals surface area contributed by atoms with Crippen molar-refractivity contribution in [2.75, 3.05) is 20.6 Å². The van der Waals surface area contributed by atoms with Crippen molar-refractivity contribution in [2.45, 2.75) is 11.4 Å². The molecule has 0 aliphatic carbocycles. The second-order valence-electron chi connectivity index (χ2n) is 8.07. The molecule has 0 atom stereocenters. The summed E-state index contributed by atoms with van der Waals surface area (Å²) in [6.45, 7) is 0.0554. The molecule has 2 N–H and O–H groups in total. The molecule has 0 aliphatic rings. The van der Waals surface area contributed by atoms with Gasteiger partial charge in [0.2, 0.25) is 10.0 Å². The quantitative estimate of drug-likeness (QED) is 0.332.